The number of sulfonamides is 1. The van der Waals surface area contributed by atoms with E-state index < -0.39 is 10.0 Å². The van der Waals surface area contributed by atoms with Crippen molar-refractivity contribution in [2.75, 3.05) is 6.54 Å². The summed E-state index contributed by atoms with van der Waals surface area (Å²) in [7, 11) is -3.37. The van der Waals surface area contributed by atoms with Gasteiger partial charge in [-0.25, -0.2) is 8.42 Å². The summed E-state index contributed by atoms with van der Waals surface area (Å²) < 4.78 is 27.4. The molecule has 0 aliphatic carbocycles. The SMILES string of the molecule is Cc1ccccc1S(=O)(=O)N1CC(C)CC(C)C1C. The fourth-order valence-electron chi connectivity index (χ4n) is 2.95. The van der Waals surface area contributed by atoms with Gasteiger partial charge >= 0.3 is 0 Å². The third kappa shape index (κ3) is 2.70. The number of hydrogen-bond donors (Lipinski definition) is 0. The van der Waals surface area contributed by atoms with Crippen LogP contribution >= 0.6 is 0 Å². The Labute approximate surface area is 116 Å². The van der Waals surface area contributed by atoms with Crippen LogP contribution in [0.4, 0.5) is 0 Å². The highest BCUT2D eigenvalue weighted by Crippen LogP contribution is 2.32. The fourth-order valence-corrected chi connectivity index (χ4v) is 5.03. The number of aryl methyl sites for hydroxylation is 1. The average molecular weight is 281 g/mol. The molecule has 4 heteroatoms. The summed E-state index contributed by atoms with van der Waals surface area (Å²) in [4.78, 5) is 0.447. The number of nitrogens with zero attached hydrogens (tertiary/aromatic N) is 1. The van der Waals surface area contributed by atoms with Crippen molar-refractivity contribution < 1.29 is 8.42 Å². The fraction of sp³-hybridized carbons (Fsp3) is 0.600. The predicted octanol–water partition coefficient (Wildman–Crippen LogP) is 3.05. The van der Waals surface area contributed by atoms with Gasteiger partial charge < -0.3 is 0 Å². The molecule has 0 amide bonds. The molecule has 0 spiro atoms. The molecule has 0 aromatic heterocycles. The number of rotatable bonds is 2. The van der Waals surface area contributed by atoms with E-state index in [0.717, 1.165) is 12.0 Å². The monoisotopic (exact) mass is 281 g/mol. The molecule has 1 heterocycles. The topological polar surface area (TPSA) is 37.4 Å². The van der Waals surface area contributed by atoms with E-state index in [2.05, 4.69) is 13.8 Å². The van der Waals surface area contributed by atoms with Crippen LogP contribution < -0.4 is 0 Å². The van der Waals surface area contributed by atoms with Crippen LogP contribution in [0.5, 0.6) is 0 Å². The molecular weight excluding hydrogens is 258 g/mol. The van der Waals surface area contributed by atoms with Crippen molar-refractivity contribution in [2.45, 2.75) is 45.1 Å². The number of hydrogen-bond acceptors (Lipinski definition) is 2. The Morgan fingerprint density at radius 1 is 1.16 bits per heavy atom. The van der Waals surface area contributed by atoms with Crippen molar-refractivity contribution in [2.24, 2.45) is 11.8 Å². The Bertz CT molecular complexity index is 553. The van der Waals surface area contributed by atoms with Crippen LogP contribution in [-0.4, -0.2) is 25.3 Å². The summed E-state index contributed by atoms with van der Waals surface area (Å²) in [6.45, 7) is 8.77. The minimum atomic E-state index is -3.37. The summed E-state index contributed by atoms with van der Waals surface area (Å²) >= 11 is 0. The van der Waals surface area contributed by atoms with Crippen molar-refractivity contribution in [3.8, 4) is 0 Å². The second kappa shape index (κ2) is 5.25. The smallest absolute Gasteiger partial charge is 0.207 e. The molecule has 1 aliphatic heterocycles. The van der Waals surface area contributed by atoms with Crippen molar-refractivity contribution in [3.05, 3.63) is 29.8 Å². The Morgan fingerprint density at radius 3 is 2.42 bits per heavy atom. The third-order valence-corrected chi connectivity index (χ3v) is 6.34. The predicted molar refractivity (Wildman–Crippen MR) is 77.5 cm³/mol. The van der Waals surface area contributed by atoms with Crippen LogP contribution in [0.1, 0.15) is 32.8 Å². The summed E-state index contributed by atoms with van der Waals surface area (Å²) in [5.41, 5.74) is 0.820. The largest absolute Gasteiger partial charge is 0.243 e. The van der Waals surface area contributed by atoms with Crippen molar-refractivity contribution >= 4 is 10.0 Å². The van der Waals surface area contributed by atoms with Gasteiger partial charge in [-0.05, 0) is 43.7 Å². The Morgan fingerprint density at radius 2 is 1.79 bits per heavy atom. The maximum absolute atomic E-state index is 12.8. The zero-order chi connectivity index (χ0) is 14.2. The van der Waals surface area contributed by atoms with Gasteiger partial charge in [-0.2, -0.15) is 4.31 Å². The van der Waals surface area contributed by atoms with E-state index in [1.807, 2.05) is 26.0 Å². The Balaban J connectivity index is 2.42. The molecule has 3 unspecified atom stereocenters. The molecule has 1 aromatic rings. The second-order valence-corrected chi connectivity index (χ2v) is 7.76. The van der Waals surface area contributed by atoms with Gasteiger partial charge in [0.15, 0.2) is 0 Å². The van der Waals surface area contributed by atoms with Gasteiger partial charge in [0.25, 0.3) is 0 Å². The standard InChI is InChI=1S/C15H23NO2S/c1-11-9-13(3)14(4)16(10-11)19(17,18)15-8-6-5-7-12(15)2/h5-8,11,13-14H,9-10H2,1-4H3. The zero-order valence-electron chi connectivity index (χ0n) is 12.1. The normalized spacial score (nSPS) is 29.4. The first-order valence-electron chi connectivity index (χ1n) is 6.91. The molecule has 2 rings (SSSR count). The zero-order valence-corrected chi connectivity index (χ0v) is 12.9. The van der Waals surface area contributed by atoms with Gasteiger partial charge in [0.2, 0.25) is 10.0 Å². The van der Waals surface area contributed by atoms with Crippen LogP contribution in [0.2, 0.25) is 0 Å². The highest BCUT2D eigenvalue weighted by molar-refractivity contribution is 7.89. The van der Waals surface area contributed by atoms with Gasteiger partial charge in [0.1, 0.15) is 0 Å². The molecule has 0 saturated carbocycles. The van der Waals surface area contributed by atoms with Crippen LogP contribution in [0.15, 0.2) is 29.2 Å². The van der Waals surface area contributed by atoms with Crippen LogP contribution in [-0.2, 0) is 10.0 Å². The molecule has 19 heavy (non-hydrogen) atoms. The molecule has 1 aromatic carbocycles. The van der Waals surface area contributed by atoms with E-state index >= 15 is 0 Å². The first-order valence-corrected chi connectivity index (χ1v) is 8.35. The summed E-state index contributed by atoms with van der Waals surface area (Å²) in [6.07, 6.45) is 1.10. The molecule has 0 bridgehead atoms. The lowest BCUT2D eigenvalue weighted by Gasteiger charge is -2.40. The molecule has 3 atom stereocenters. The molecule has 1 aliphatic rings. The van der Waals surface area contributed by atoms with Gasteiger partial charge in [0, 0.05) is 12.6 Å². The van der Waals surface area contributed by atoms with Crippen LogP contribution in [0.25, 0.3) is 0 Å². The van der Waals surface area contributed by atoms with Crippen LogP contribution in [0.3, 0.4) is 0 Å². The van der Waals surface area contributed by atoms with E-state index in [4.69, 9.17) is 0 Å². The second-order valence-electron chi connectivity index (χ2n) is 5.90. The molecule has 3 nitrogen and oxygen atoms in total. The summed E-state index contributed by atoms with van der Waals surface area (Å²) in [5.74, 6) is 0.826. The number of benzene rings is 1. The Hall–Kier alpha value is -0.870. The maximum Gasteiger partial charge on any atom is 0.243 e. The van der Waals surface area contributed by atoms with Gasteiger partial charge in [-0.3, -0.25) is 0 Å². The molecule has 1 fully saturated rings. The number of piperidine rings is 1. The highest BCUT2D eigenvalue weighted by Gasteiger charge is 2.37. The average Bonchev–Trinajstić information content (AvgIpc) is 2.34. The molecule has 0 radical (unpaired) electrons. The molecule has 1 saturated heterocycles. The van der Waals surface area contributed by atoms with Crippen LogP contribution in [0, 0.1) is 18.8 Å². The Kier molecular flexibility index (Phi) is 4.02. The van der Waals surface area contributed by atoms with Crippen molar-refractivity contribution in [3.63, 3.8) is 0 Å². The van der Waals surface area contributed by atoms with E-state index in [9.17, 15) is 8.42 Å². The lowest BCUT2D eigenvalue weighted by molar-refractivity contribution is 0.157. The molecular formula is C15H23NO2S. The van der Waals surface area contributed by atoms with Gasteiger partial charge in [0.05, 0.1) is 4.90 Å². The van der Waals surface area contributed by atoms with Crippen molar-refractivity contribution in [1.82, 2.24) is 4.31 Å². The van der Waals surface area contributed by atoms with Gasteiger partial charge in [-0.1, -0.05) is 32.0 Å². The first-order chi connectivity index (χ1) is 8.84. The van der Waals surface area contributed by atoms with E-state index in [0.29, 0.717) is 23.3 Å². The lowest BCUT2D eigenvalue weighted by atomic mass is 9.88. The first kappa shape index (κ1) is 14.5. The highest BCUT2D eigenvalue weighted by atomic mass is 32.2. The van der Waals surface area contributed by atoms with Gasteiger partial charge in [-0.15, -0.1) is 0 Å². The minimum absolute atomic E-state index is 0.0702. The minimum Gasteiger partial charge on any atom is -0.207 e. The molecule has 106 valence electrons. The maximum atomic E-state index is 12.8. The van der Waals surface area contributed by atoms with Crippen molar-refractivity contribution in [1.29, 1.82) is 0 Å². The lowest BCUT2D eigenvalue weighted by Crippen LogP contribution is -2.48. The summed E-state index contributed by atoms with van der Waals surface area (Å²) in [6, 6.07) is 7.30. The van der Waals surface area contributed by atoms with E-state index in [1.54, 1.807) is 16.4 Å². The van der Waals surface area contributed by atoms with E-state index in [-0.39, 0.29) is 6.04 Å². The summed E-state index contributed by atoms with van der Waals surface area (Å²) in [5, 5.41) is 0. The van der Waals surface area contributed by atoms with E-state index in [1.165, 1.54) is 0 Å². The quantitative estimate of drug-likeness (QED) is 0.835. The third-order valence-electron chi connectivity index (χ3n) is 4.22. The molecule has 0 N–H and O–H groups in total.